The summed E-state index contributed by atoms with van der Waals surface area (Å²) in [7, 11) is 0. The molecule has 0 fully saturated rings. The zero-order valence-corrected chi connectivity index (χ0v) is 9.23. The predicted octanol–water partition coefficient (Wildman–Crippen LogP) is 2.11. The lowest BCUT2D eigenvalue weighted by Gasteiger charge is -2.05. The standard InChI is InChI=1S/C12H12N2O2/c1-3-16-12(15)9-7-11-10(14-8(9)2)5-4-6-13-11/h4-7H,3H2,1-2H3. The normalized spacial score (nSPS) is 10.4. The number of hydrogen-bond acceptors (Lipinski definition) is 4. The largest absolute Gasteiger partial charge is 0.462 e. The van der Waals surface area contributed by atoms with Crippen LogP contribution >= 0.6 is 0 Å². The van der Waals surface area contributed by atoms with Crippen molar-refractivity contribution < 1.29 is 9.53 Å². The Kier molecular flexibility index (Phi) is 2.81. The summed E-state index contributed by atoms with van der Waals surface area (Å²) in [5, 5.41) is 0. The summed E-state index contributed by atoms with van der Waals surface area (Å²) in [4.78, 5) is 20.1. The van der Waals surface area contributed by atoms with Gasteiger partial charge in [0.25, 0.3) is 0 Å². The molecule has 0 atom stereocenters. The molecule has 0 N–H and O–H groups in total. The first-order chi connectivity index (χ1) is 7.72. The van der Waals surface area contributed by atoms with Gasteiger partial charge in [-0.15, -0.1) is 0 Å². The lowest BCUT2D eigenvalue weighted by Crippen LogP contribution is -2.08. The minimum Gasteiger partial charge on any atom is -0.462 e. The van der Waals surface area contributed by atoms with Crippen molar-refractivity contribution in [1.29, 1.82) is 0 Å². The summed E-state index contributed by atoms with van der Waals surface area (Å²) in [5.74, 6) is -0.347. The number of aryl methyl sites for hydroxylation is 1. The Morgan fingerprint density at radius 2 is 2.25 bits per heavy atom. The summed E-state index contributed by atoms with van der Waals surface area (Å²) < 4.78 is 4.95. The van der Waals surface area contributed by atoms with Gasteiger partial charge < -0.3 is 4.74 Å². The van der Waals surface area contributed by atoms with E-state index in [0.717, 1.165) is 5.52 Å². The average molecular weight is 216 g/mol. The lowest BCUT2D eigenvalue weighted by atomic mass is 10.2. The Hall–Kier alpha value is -1.97. The number of esters is 1. The van der Waals surface area contributed by atoms with E-state index in [1.54, 1.807) is 26.1 Å². The maximum atomic E-state index is 11.6. The van der Waals surface area contributed by atoms with Crippen molar-refractivity contribution in [2.24, 2.45) is 0 Å². The molecule has 4 nitrogen and oxygen atoms in total. The van der Waals surface area contributed by atoms with Crippen LogP contribution < -0.4 is 0 Å². The van der Waals surface area contributed by atoms with E-state index in [4.69, 9.17) is 4.74 Å². The third kappa shape index (κ3) is 1.86. The Bertz CT molecular complexity index is 538. The van der Waals surface area contributed by atoms with Crippen LogP contribution in [0.1, 0.15) is 23.0 Å². The molecule has 0 amide bonds. The zero-order valence-electron chi connectivity index (χ0n) is 9.23. The highest BCUT2D eigenvalue weighted by molar-refractivity contribution is 5.94. The van der Waals surface area contributed by atoms with Gasteiger partial charge in [-0.2, -0.15) is 0 Å². The van der Waals surface area contributed by atoms with E-state index in [-0.39, 0.29) is 5.97 Å². The molecule has 0 aliphatic rings. The molecule has 0 spiro atoms. The summed E-state index contributed by atoms with van der Waals surface area (Å²) in [5.41, 5.74) is 2.64. The number of nitrogens with zero attached hydrogens (tertiary/aromatic N) is 2. The maximum Gasteiger partial charge on any atom is 0.340 e. The van der Waals surface area contributed by atoms with Crippen LogP contribution in [-0.4, -0.2) is 22.5 Å². The molecule has 2 aromatic rings. The third-order valence-corrected chi connectivity index (χ3v) is 2.27. The van der Waals surface area contributed by atoms with Gasteiger partial charge in [0, 0.05) is 6.20 Å². The molecule has 2 heterocycles. The van der Waals surface area contributed by atoms with Crippen molar-refractivity contribution in [3.8, 4) is 0 Å². The Labute approximate surface area is 93.3 Å². The molecule has 16 heavy (non-hydrogen) atoms. The molecule has 0 radical (unpaired) electrons. The Morgan fingerprint density at radius 3 is 3.00 bits per heavy atom. The fraction of sp³-hybridized carbons (Fsp3) is 0.250. The molecule has 0 bridgehead atoms. The van der Waals surface area contributed by atoms with E-state index in [1.807, 2.05) is 12.1 Å². The van der Waals surface area contributed by atoms with Gasteiger partial charge in [-0.05, 0) is 32.0 Å². The molecule has 4 heteroatoms. The van der Waals surface area contributed by atoms with Crippen molar-refractivity contribution in [2.75, 3.05) is 6.61 Å². The van der Waals surface area contributed by atoms with E-state index < -0.39 is 0 Å². The Balaban J connectivity index is 2.54. The number of aromatic nitrogens is 2. The minimum atomic E-state index is -0.347. The highest BCUT2D eigenvalue weighted by Gasteiger charge is 2.12. The van der Waals surface area contributed by atoms with E-state index in [0.29, 0.717) is 23.4 Å². The first-order valence-corrected chi connectivity index (χ1v) is 5.12. The van der Waals surface area contributed by atoms with Crippen molar-refractivity contribution in [3.05, 3.63) is 35.7 Å². The fourth-order valence-corrected chi connectivity index (χ4v) is 1.51. The van der Waals surface area contributed by atoms with Gasteiger partial charge in [0.2, 0.25) is 0 Å². The molecule has 0 aromatic carbocycles. The molecule has 0 saturated carbocycles. The van der Waals surface area contributed by atoms with Crippen molar-refractivity contribution in [3.63, 3.8) is 0 Å². The van der Waals surface area contributed by atoms with Crippen LogP contribution in [0.5, 0.6) is 0 Å². The predicted molar refractivity (Wildman–Crippen MR) is 60.2 cm³/mol. The monoisotopic (exact) mass is 216 g/mol. The topological polar surface area (TPSA) is 52.1 Å². The number of rotatable bonds is 2. The van der Waals surface area contributed by atoms with Crippen LogP contribution in [0.15, 0.2) is 24.4 Å². The van der Waals surface area contributed by atoms with Gasteiger partial charge in [0.15, 0.2) is 0 Å². The first kappa shape index (κ1) is 10.5. The number of pyridine rings is 2. The first-order valence-electron chi connectivity index (χ1n) is 5.12. The summed E-state index contributed by atoms with van der Waals surface area (Å²) in [6.07, 6.45) is 1.67. The molecule has 82 valence electrons. The van der Waals surface area contributed by atoms with Gasteiger partial charge in [0.05, 0.1) is 28.9 Å². The maximum absolute atomic E-state index is 11.6. The molecule has 0 saturated heterocycles. The van der Waals surface area contributed by atoms with Crippen LogP contribution in [-0.2, 0) is 4.74 Å². The zero-order chi connectivity index (χ0) is 11.5. The SMILES string of the molecule is CCOC(=O)c1cc2ncccc2nc1C. The van der Waals surface area contributed by atoms with E-state index in [2.05, 4.69) is 9.97 Å². The third-order valence-electron chi connectivity index (χ3n) is 2.27. The summed E-state index contributed by atoms with van der Waals surface area (Å²) in [6, 6.07) is 5.40. The highest BCUT2D eigenvalue weighted by Crippen LogP contribution is 2.14. The quantitative estimate of drug-likeness (QED) is 0.721. The van der Waals surface area contributed by atoms with Crippen molar-refractivity contribution in [2.45, 2.75) is 13.8 Å². The molecule has 0 unspecified atom stereocenters. The summed E-state index contributed by atoms with van der Waals surface area (Å²) in [6.45, 7) is 3.93. The van der Waals surface area contributed by atoms with E-state index >= 15 is 0 Å². The highest BCUT2D eigenvalue weighted by atomic mass is 16.5. The van der Waals surface area contributed by atoms with Gasteiger partial charge >= 0.3 is 5.97 Å². The summed E-state index contributed by atoms with van der Waals surface area (Å²) >= 11 is 0. The molecule has 2 rings (SSSR count). The molecule has 0 aliphatic heterocycles. The molecular formula is C12H12N2O2. The molecule has 0 aliphatic carbocycles. The second kappa shape index (κ2) is 4.26. The number of carbonyl (C=O) groups excluding carboxylic acids is 1. The van der Waals surface area contributed by atoms with Crippen molar-refractivity contribution in [1.82, 2.24) is 9.97 Å². The number of fused-ring (bicyclic) bond motifs is 1. The van der Waals surface area contributed by atoms with Crippen molar-refractivity contribution >= 4 is 17.0 Å². The lowest BCUT2D eigenvalue weighted by molar-refractivity contribution is 0.0525. The molecular weight excluding hydrogens is 204 g/mol. The van der Waals surface area contributed by atoms with Gasteiger partial charge in [-0.25, -0.2) is 4.79 Å². The number of hydrogen-bond donors (Lipinski definition) is 0. The van der Waals surface area contributed by atoms with Gasteiger partial charge in [-0.3, -0.25) is 9.97 Å². The fourth-order valence-electron chi connectivity index (χ4n) is 1.51. The number of ether oxygens (including phenoxy) is 1. The van der Waals surface area contributed by atoms with Crippen LogP contribution in [0.4, 0.5) is 0 Å². The van der Waals surface area contributed by atoms with Gasteiger partial charge in [0.1, 0.15) is 0 Å². The molecule has 2 aromatic heterocycles. The second-order valence-electron chi connectivity index (χ2n) is 3.38. The van der Waals surface area contributed by atoms with E-state index in [9.17, 15) is 4.79 Å². The van der Waals surface area contributed by atoms with Gasteiger partial charge in [-0.1, -0.05) is 0 Å². The van der Waals surface area contributed by atoms with Crippen LogP contribution in [0.25, 0.3) is 11.0 Å². The second-order valence-corrected chi connectivity index (χ2v) is 3.38. The smallest absolute Gasteiger partial charge is 0.340 e. The van der Waals surface area contributed by atoms with Crippen LogP contribution in [0, 0.1) is 6.92 Å². The average Bonchev–Trinajstić information content (AvgIpc) is 2.28. The Morgan fingerprint density at radius 1 is 1.44 bits per heavy atom. The number of carbonyl (C=O) groups is 1. The minimum absolute atomic E-state index is 0.347. The van der Waals surface area contributed by atoms with Crippen LogP contribution in [0.2, 0.25) is 0 Å². The van der Waals surface area contributed by atoms with Crippen LogP contribution in [0.3, 0.4) is 0 Å². The van der Waals surface area contributed by atoms with E-state index in [1.165, 1.54) is 0 Å².